The zero-order valence-electron chi connectivity index (χ0n) is 18.7. The van der Waals surface area contributed by atoms with Crippen LogP contribution >= 0.6 is 23.1 Å². The Balaban J connectivity index is 1.31. The van der Waals surface area contributed by atoms with Crippen LogP contribution in [0.5, 0.6) is 11.5 Å². The lowest BCUT2D eigenvalue weighted by atomic mass is 10.2. The van der Waals surface area contributed by atoms with Crippen LogP contribution in [-0.4, -0.2) is 33.5 Å². The minimum Gasteiger partial charge on any atom is -0.493 e. The standard InChI is InChI=1S/C25H26N4O2S2/c1-3-31-21-12-11-19(13-22(21)30-2)24-26-20(15-32-24)16-33-25-28-27-23(18-9-10-18)29(25)14-17-7-5-4-6-8-17/h4-8,11-13,15,18H,3,9-10,14,16H2,1-2H3. The molecule has 4 aromatic rings. The molecule has 0 radical (unpaired) electrons. The molecule has 1 aliphatic rings. The predicted octanol–water partition coefficient (Wildman–Crippen LogP) is 6.03. The van der Waals surface area contributed by atoms with Gasteiger partial charge in [0.2, 0.25) is 0 Å². The van der Waals surface area contributed by atoms with Gasteiger partial charge in [-0.2, -0.15) is 0 Å². The van der Waals surface area contributed by atoms with Crippen LogP contribution in [0.15, 0.2) is 59.1 Å². The Labute approximate surface area is 202 Å². The molecular weight excluding hydrogens is 452 g/mol. The van der Waals surface area contributed by atoms with Crippen molar-refractivity contribution in [2.75, 3.05) is 13.7 Å². The van der Waals surface area contributed by atoms with Crippen LogP contribution in [0, 0.1) is 0 Å². The number of hydrogen-bond acceptors (Lipinski definition) is 7. The number of hydrogen-bond donors (Lipinski definition) is 0. The molecule has 0 N–H and O–H groups in total. The van der Waals surface area contributed by atoms with Gasteiger partial charge in [0, 0.05) is 22.6 Å². The highest BCUT2D eigenvalue weighted by atomic mass is 32.2. The van der Waals surface area contributed by atoms with Crippen molar-refractivity contribution in [3.05, 3.63) is 71.0 Å². The van der Waals surface area contributed by atoms with E-state index >= 15 is 0 Å². The van der Waals surface area contributed by atoms with Gasteiger partial charge < -0.3 is 14.0 Å². The van der Waals surface area contributed by atoms with Crippen LogP contribution in [0.25, 0.3) is 10.6 Å². The van der Waals surface area contributed by atoms with Crippen molar-refractivity contribution in [3.63, 3.8) is 0 Å². The Hall–Kier alpha value is -2.84. The number of ether oxygens (including phenoxy) is 2. The van der Waals surface area contributed by atoms with Gasteiger partial charge in [-0.1, -0.05) is 42.1 Å². The van der Waals surface area contributed by atoms with E-state index in [1.54, 1.807) is 30.2 Å². The van der Waals surface area contributed by atoms with Crippen molar-refractivity contribution >= 4 is 23.1 Å². The van der Waals surface area contributed by atoms with Gasteiger partial charge in [0.25, 0.3) is 0 Å². The SMILES string of the molecule is CCOc1ccc(-c2nc(CSc3nnc(C4CC4)n3Cc3ccccc3)cs2)cc1OC. The molecule has 1 fully saturated rings. The van der Waals surface area contributed by atoms with E-state index in [2.05, 4.69) is 44.4 Å². The minimum atomic E-state index is 0.552. The van der Waals surface area contributed by atoms with E-state index in [0.717, 1.165) is 51.0 Å². The summed E-state index contributed by atoms with van der Waals surface area (Å²) in [4.78, 5) is 4.86. The Morgan fingerprint density at radius 2 is 1.94 bits per heavy atom. The quantitative estimate of drug-likeness (QED) is 0.260. The van der Waals surface area contributed by atoms with Gasteiger partial charge in [-0.25, -0.2) is 4.98 Å². The monoisotopic (exact) mass is 478 g/mol. The summed E-state index contributed by atoms with van der Waals surface area (Å²) in [6.45, 7) is 3.37. The molecule has 0 saturated heterocycles. The maximum Gasteiger partial charge on any atom is 0.191 e. The number of thioether (sulfide) groups is 1. The first-order valence-corrected chi connectivity index (χ1v) is 13.0. The van der Waals surface area contributed by atoms with E-state index in [1.807, 2.05) is 31.2 Å². The second kappa shape index (κ2) is 9.97. The zero-order valence-corrected chi connectivity index (χ0v) is 20.4. The van der Waals surface area contributed by atoms with Crippen molar-refractivity contribution in [2.24, 2.45) is 0 Å². The topological polar surface area (TPSA) is 62.1 Å². The van der Waals surface area contributed by atoms with Crippen LogP contribution in [-0.2, 0) is 12.3 Å². The van der Waals surface area contributed by atoms with Gasteiger partial charge in [-0.15, -0.1) is 21.5 Å². The molecule has 6 nitrogen and oxygen atoms in total. The third-order valence-electron chi connectivity index (χ3n) is 5.48. The van der Waals surface area contributed by atoms with Crippen molar-refractivity contribution in [1.29, 1.82) is 0 Å². The highest BCUT2D eigenvalue weighted by molar-refractivity contribution is 7.98. The third-order valence-corrected chi connectivity index (χ3v) is 7.42. The van der Waals surface area contributed by atoms with Gasteiger partial charge >= 0.3 is 0 Å². The highest BCUT2D eigenvalue weighted by Gasteiger charge is 2.30. The summed E-state index contributed by atoms with van der Waals surface area (Å²) in [6.07, 6.45) is 2.41. The average Bonchev–Trinajstić information content (AvgIpc) is 3.45. The predicted molar refractivity (Wildman–Crippen MR) is 132 cm³/mol. The summed E-state index contributed by atoms with van der Waals surface area (Å²) >= 11 is 3.34. The van der Waals surface area contributed by atoms with Crippen molar-refractivity contribution in [1.82, 2.24) is 19.7 Å². The molecule has 8 heteroatoms. The molecule has 33 heavy (non-hydrogen) atoms. The summed E-state index contributed by atoms with van der Waals surface area (Å²) in [5.74, 6) is 3.89. The lowest BCUT2D eigenvalue weighted by molar-refractivity contribution is 0.311. The molecule has 5 rings (SSSR count). The third kappa shape index (κ3) is 5.07. The molecule has 0 spiro atoms. The molecule has 0 atom stereocenters. The average molecular weight is 479 g/mol. The van der Waals surface area contributed by atoms with Gasteiger partial charge in [0.1, 0.15) is 10.8 Å². The molecule has 170 valence electrons. The lowest BCUT2D eigenvalue weighted by Crippen LogP contribution is -2.06. The molecule has 0 unspecified atom stereocenters. The van der Waals surface area contributed by atoms with Crippen LogP contribution in [0.3, 0.4) is 0 Å². The summed E-state index contributed by atoms with van der Waals surface area (Å²) in [5, 5.41) is 13.1. The largest absolute Gasteiger partial charge is 0.493 e. The molecule has 1 aliphatic carbocycles. The van der Waals surface area contributed by atoms with Gasteiger partial charge in [-0.05, 0) is 43.5 Å². The summed E-state index contributed by atoms with van der Waals surface area (Å²) in [7, 11) is 1.66. The van der Waals surface area contributed by atoms with Crippen LogP contribution in [0.2, 0.25) is 0 Å². The second-order valence-electron chi connectivity index (χ2n) is 7.92. The fourth-order valence-corrected chi connectivity index (χ4v) is 5.44. The molecule has 1 saturated carbocycles. The maximum atomic E-state index is 5.63. The van der Waals surface area contributed by atoms with E-state index in [0.29, 0.717) is 12.5 Å². The van der Waals surface area contributed by atoms with Crippen LogP contribution in [0.1, 0.15) is 42.8 Å². The Bertz CT molecular complexity index is 1220. The molecular formula is C25H26N4O2S2. The van der Waals surface area contributed by atoms with Gasteiger partial charge in [0.05, 0.1) is 26.0 Å². The summed E-state index contributed by atoms with van der Waals surface area (Å²) in [5.41, 5.74) is 3.33. The van der Waals surface area contributed by atoms with Crippen molar-refractivity contribution in [2.45, 2.75) is 43.1 Å². The first-order valence-electron chi connectivity index (χ1n) is 11.1. The molecule has 2 heterocycles. The highest BCUT2D eigenvalue weighted by Crippen LogP contribution is 2.40. The van der Waals surface area contributed by atoms with E-state index in [4.69, 9.17) is 14.5 Å². The first kappa shape index (κ1) is 22.0. The number of rotatable bonds is 10. The summed E-state index contributed by atoms with van der Waals surface area (Å²) < 4.78 is 13.4. The number of thiazole rings is 1. The zero-order chi connectivity index (χ0) is 22.6. The Kier molecular flexibility index (Phi) is 6.64. The smallest absolute Gasteiger partial charge is 0.191 e. The second-order valence-corrected chi connectivity index (χ2v) is 9.72. The van der Waals surface area contributed by atoms with E-state index in [-0.39, 0.29) is 0 Å². The molecule has 0 aliphatic heterocycles. The normalized spacial score (nSPS) is 13.3. The number of methoxy groups -OCH3 is 1. The fraction of sp³-hybridized carbons (Fsp3) is 0.320. The minimum absolute atomic E-state index is 0.552. The number of nitrogens with zero attached hydrogens (tertiary/aromatic N) is 4. The van der Waals surface area contributed by atoms with Crippen LogP contribution in [0.4, 0.5) is 0 Å². The van der Waals surface area contributed by atoms with Crippen molar-refractivity contribution < 1.29 is 9.47 Å². The number of aromatic nitrogens is 4. The maximum absolute atomic E-state index is 5.63. The Morgan fingerprint density at radius 3 is 2.70 bits per heavy atom. The van der Waals surface area contributed by atoms with E-state index in [1.165, 1.54) is 18.4 Å². The fourth-order valence-electron chi connectivity index (χ4n) is 3.68. The van der Waals surface area contributed by atoms with Gasteiger partial charge in [0.15, 0.2) is 16.7 Å². The lowest BCUT2D eigenvalue weighted by Gasteiger charge is -2.10. The first-order chi connectivity index (χ1) is 16.2. The molecule has 2 aromatic heterocycles. The van der Waals surface area contributed by atoms with E-state index in [9.17, 15) is 0 Å². The molecule has 0 amide bonds. The molecule has 0 bridgehead atoms. The summed E-state index contributed by atoms with van der Waals surface area (Å²) in [6, 6.07) is 16.5. The van der Waals surface area contributed by atoms with Crippen molar-refractivity contribution in [3.8, 4) is 22.1 Å². The molecule has 2 aromatic carbocycles. The van der Waals surface area contributed by atoms with Crippen LogP contribution < -0.4 is 9.47 Å². The van der Waals surface area contributed by atoms with E-state index < -0.39 is 0 Å². The number of benzene rings is 2. The van der Waals surface area contributed by atoms with Gasteiger partial charge in [-0.3, -0.25) is 0 Å². The Morgan fingerprint density at radius 1 is 1.09 bits per heavy atom.